The van der Waals surface area contributed by atoms with Crippen molar-refractivity contribution < 1.29 is 24.2 Å². The number of nitrogens with one attached hydrogen (secondary N) is 1. The lowest BCUT2D eigenvalue weighted by Crippen LogP contribution is -2.32. The lowest BCUT2D eigenvalue weighted by atomic mass is 9.78. The lowest BCUT2D eigenvalue weighted by molar-refractivity contribution is -0.137. The number of esters is 2. The number of rotatable bonds is 3. The summed E-state index contributed by atoms with van der Waals surface area (Å²) in [4.78, 5) is 25.2. The Labute approximate surface area is 157 Å². The van der Waals surface area contributed by atoms with Crippen molar-refractivity contribution >= 4 is 22.7 Å². The van der Waals surface area contributed by atoms with E-state index in [1.807, 2.05) is 24.3 Å². The highest BCUT2D eigenvalue weighted by Gasteiger charge is 2.39. The van der Waals surface area contributed by atoms with Crippen LogP contribution in [0, 0.1) is 0 Å². The number of carbonyl (C=O) groups is 2. The highest BCUT2D eigenvalue weighted by molar-refractivity contribution is 6.02. The molecule has 2 aromatic rings. The molecule has 0 aromatic heterocycles. The minimum atomic E-state index is -0.822. The van der Waals surface area contributed by atoms with Gasteiger partial charge in [0.05, 0.1) is 31.3 Å². The summed E-state index contributed by atoms with van der Waals surface area (Å²) in [6.07, 6.45) is 0. The van der Waals surface area contributed by atoms with Gasteiger partial charge < -0.3 is 19.9 Å². The number of benzene rings is 2. The number of hydrogen-bond acceptors (Lipinski definition) is 6. The van der Waals surface area contributed by atoms with Gasteiger partial charge in [-0.25, -0.2) is 9.59 Å². The average molecular weight is 367 g/mol. The first-order chi connectivity index (χ1) is 12.9. The third kappa shape index (κ3) is 3.03. The zero-order valence-corrected chi connectivity index (χ0v) is 15.6. The largest absolute Gasteiger partial charge is 0.508 e. The van der Waals surface area contributed by atoms with Crippen molar-refractivity contribution in [2.75, 3.05) is 14.2 Å². The number of phenolic OH excluding ortho intramolecular Hbond substituents is 1. The second kappa shape index (κ2) is 7.15. The molecule has 3 rings (SSSR count). The highest BCUT2D eigenvalue weighted by atomic mass is 16.5. The molecule has 2 aromatic carbocycles. The maximum absolute atomic E-state index is 12.6. The Balaban J connectivity index is 2.40. The van der Waals surface area contributed by atoms with Crippen LogP contribution in [0.25, 0.3) is 10.8 Å². The smallest absolute Gasteiger partial charge is 0.336 e. The Morgan fingerprint density at radius 3 is 2.04 bits per heavy atom. The summed E-state index contributed by atoms with van der Waals surface area (Å²) in [5, 5.41) is 15.4. The van der Waals surface area contributed by atoms with E-state index in [4.69, 9.17) is 9.47 Å². The molecule has 2 N–H and O–H groups in total. The van der Waals surface area contributed by atoms with Gasteiger partial charge in [-0.05, 0) is 30.7 Å². The minimum Gasteiger partial charge on any atom is -0.508 e. The Kier molecular flexibility index (Phi) is 4.90. The first kappa shape index (κ1) is 18.5. The molecule has 1 aliphatic rings. The Morgan fingerprint density at radius 2 is 1.48 bits per heavy atom. The van der Waals surface area contributed by atoms with Crippen molar-refractivity contribution in [1.29, 1.82) is 0 Å². The molecule has 0 amide bonds. The first-order valence-electron chi connectivity index (χ1n) is 8.46. The number of hydrogen-bond donors (Lipinski definition) is 2. The maximum Gasteiger partial charge on any atom is 0.336 e. The number of phenols is 1. The van der Waals surface area contributed by atoms with Crippen LogP contribution in [0.15, 0.2) is 58.9 Å². The van der Waals surface area contributed by atoms with Crippen LogP contribution in [0.3, 0.4) is 0 Å². The quantitative estimate of drug-likeness (QED) is 0.811. The molecule has 0 saturated carbocycles. The summed E-state index contributed by atoms with van der Waals surface area (Å²) in [5.41, 5.74) is 2.10. The van der Waals surface area contributed by atoms with Gasteiger partial charge in [0, 0.05) is 17.0 Å². The van der Waals surface area contributed by atoms with E-state index in [9.17, 15) is 14.7 Å². The molecule has 0 atom stereocenters. The third-order valence-electron chi connectivity index (χ3n) is 4.81. The molecule has 6 heteroatoms. The van der Waals surface area contributed by atoms with Crippen LogP contribution < -0.4 is 5.32 Å². The van der Waals surface area contributed by atoms with Crippen molar-refractivity contribution in [3.63, 3.8) is 0 Å². The summed E-state index contributed by atoms with van der Waals surface area (Å²) in [7, 11) is 2.57. The van der Waals surface area contributed by atoms with Crippen molar-refractivity contribution in [2.24, 2.45) is 0 Å². The van der Waals surface area contributed by atoms with Crippen molar-refractivity contribution in [2.45, 2.75) is 19.8 Å². The molecule has 0 saturated heterocycles. The van der Waals surface area contributed by atoms with Crippen LogP contribution in [0.5, 0.6) is 5.75 Å². The SMILES string of the molecule is COC(=O)C1=C(C)NC(C)=C(C(=O)OC)C1c1c(O)ccc2ccccc12. The molecule has 0 spiro atoms. The van der Waals surface area contributed by atoms with Gasteiger partial charge in [-0.1, -0.05) is 30.3 Å². The molecule has 0 unspecified atom stereocenters. The standard InChI is InChI=1S/C21H21NO5/c1-11-16(20(24)26-3)19(17(12(2)22-11)21(25)27-4)18-14-8-6-5-7-13(14)9-10-15(18)23/h5-10,19,22-23H,1-4H3. The monoisotopic (exact) mass is 367 g/mol. The van der Waals surface area contributed by atoms with Gasteiger partial charge in [-0.15, -0.1) is 0 Å². The molecular weight excluding hydrogens is 346 g/mol. The molecular formula is C21H21NO5. The van der Waals surface area contributed by atoms with Crippen LogP contribution >= 0.6 is 0 Å². The Morgan fingerprint density at radius 1 is 0.926 bits per heavy atom. The number of carbonyl (C=O) groups excluding carboxylic acids is 2. The van der Waals surface area contributed by atoms with Crippen molar-refractivity contribution in [1.82, 2.24) is 5.32 Å². The summed E-state index contributed by atoms with van der Waals surface area (Å²) in [6.45, 7) is 3.47. The van der Waals surface area contributed by atoms with Crippen LogP contribution in [-0.4, -0.2) is 31.3 Å². The summed E-state index contributed by atoms with van der Waals surface area (Å²) in [5.74, 6) is -1.99. The number of fused-ring (bicyclic) bond motifs is 1. The fraction of sp³-hybridized carbons (Fsp3) is 0.238. The van der Waals surface area contributed by atoms with Gasteiger partial charge >= 0.3 is 11.9 Å². The lowest BCUT2D eigenvalue weighted by Gasteiger charge is -2.31. The molecule has 6 nitrogen and oxygen atoms in total. The van der Waals surface area contributed by atoms with Crippen molar-refractivity contribution in [3.8, 4) is 5.75 Å². The van der Waals surface area contributed by atoms with E-state index in [-0.39, 0.29) is 16.9 Å². The zero-order chi connectivity index (χ0) is 19.7. The van der Waals surface area contributed by atoms with Gasteiger partial charge in [0.2, 0.25) is 0 Å². The van der Waals surface area contributed by atoms with E-state index in [0.717, 1.165) is 10.8 Å². The summed E-state index contributed by atoms with van der Waals surface area (Å²) in [6, 6.07) is 10.8. The van der Waals surface area contributed by atoms with E-state index in [2.05, 4.69) is 5.32 Å². The van der Waals surface area contributed by atoms with Gasteiger partial charge in [0.15, 0.2) is 0 Å². The normalized spacial score (nSPS) is 15.0. The molecule has 0 fully saturated rings. The van der Waals surface area contributed by atoms with E-state index in [1.54, 1.807) is 26.0 Å². The fourth-order valence-electron chi connectivity index (χ4n) is 3.63. The van der Waals surface area contributed by atoms with Gasteiger partial charge in [0.1, 0.15) is 5.75 Å². The molecule has 0 aliphatic carbocycles. The molecule has 1 aliphatic heterocycles. The number of aromatic hydroxyl groups is 1. The van der Waals surface area contributed by atoms with Crippen LogP contribution in [0.1, 0.15) is 25.3 Å². The van der Waals surface area contributed by atoms with E-state index >= 15 is 0 Å². The van der Waals surface area contributed by atoms with E-state index < -0.39 is 17.9 Å². The zero-order valence-electron chi connectivity index (χ0n) is 15.6. The number of allylic oxidation sites excluding steroid dienone is 2. The molecule has 0 radical (unpaired) electrons. The maximum atomic E-state index is 12.6. The number of dihydropyridines is 1. The third-order valence-corrected chi connectivity index (χ3v) is 4.81. The summed E-state index contributed by atoms with van der Waals surface area (Å²) >= 11 is 0. The van der Waals surface area contributed by atoms with Crippen LogP contribution in [-0.2, 0) is 19.1 Å². The minimum absolute atomic E-state index is 0.0102. The predicted octanol–water partition coefficient (Wildman–Crippen LogP) is 3.13. The molecule has 27 heavy (non-hydrogen) atoms. The van der Waals surface area contributed by atoms with Gasteiger partial charge in [-0.2, -0.15) is 0 Å². The van der Waals surface area contributed by atoms with Gasteiger partial charge in [0.25, 0.3) is 0 Å². The average Bonchev–Trinajstić information content (AvgIpc) is 2.66. The summed E-state index contributed by atoms with van der Waals surface area (Å²) < 4.78 is 9.94. The highest BCUT2D eigenvalue weighted by Crippen LogP contribution is 2.45. The molecule has 0 bridgehead atoms. The first-order valence-corrected chi connectivity index (χ1v) is 8.46. The van der Waals surface area contributed by atoms with Gasteiger partial charge in [-0.3, -0.25) is 0 Å². The van der Waals surface area contributed by atoms with E-state index in [0.29, 0.717) is 17.0 Å². The van der Waals surface area contributed by atoms with Crippen molar-refractivity contribution in [3.05, 3.63) is 64.5 Å². The number of methoxy groups -OCH3 is 2. The second-order valence-corrected chi connectivity index (χ2v) is 6.34. The Bertz CT molecular complexity index is 965. The Hall–Kier alpha value is -3.28. The molecule has 140 valence electrons. The van der Waals surface area contributed by atoms with Crippen LogP contribution in [0.2, 0.25) is 0 Å². The fourth-order valence-corrected chi connectivity index (χ4v) is 3.63. The second-order valence-electron chi connectivity index (χ2n) is 6.34. The molecule has 1 heterocycles. The predicted molar refractivity (Wildman–Crippen MR) is 101 cm³/mol. The van der Waals surface area contributed by atoms with Crippen LogP contribution in [0.4, 0.5) is 0 Å². The number of ether oxygens (including phenoxy) is 2. The topological polar surface area (TPSA) is 84.9 Å². The van der Waals surface area contributed by atoms with E-state index in [1.165, 1.54) is 14.2 Å².